The van der Waals surface area contributed by atoms with Gasteiger partial charge in [-0.2, -0.15) is 0 Å². The third-order valence-corrected chi connectivity index (χ3v) is 1.96. The predicted molar refractivity (Wildman–Crippen MR) is 40.6 cm³/mol. The van der Waals surface area contributed by atoms with Crippen LogP contribution in [0.5, 0.6) is 0 Å². The minimum atomic E-state index is -0.421. The molecule has 1 aliphatic rings. The van der Waals surface area contributed by atoms with Crippen molar-refractivity contribution in [1.29, 1.82) is 0 Å². The van der Waals surface area contributed by atoms with E-state index < -0.39 is 5.21 Å². The van der Waals surface area contributed by atoms with E-state index in [1.165, 1.54) is 0 Å². The van der Waals surface area contributed by atoms with Gasteiger partial charge in [0.05, 0.1) is 15.7 Å². The molecule has 0 aromatic carbocycles. The quantitative estimate of drug-likeness (QED) is 0.457. The summed E-state index contributed by atoms with van der Waals surface area (Å²) in [7, 11) is 11.3. The van der Waals surface area contributed by atoms with Gasteiger partial charge in [-0.3, -0.25) is 0 Å². The minimum absolute atomic E-state index is 0.338. The Kier molecular flexibility index (Phi) is 1.90. The summed E-state index contributed by atoms with van der Waals surface area (Å²) in [5.41, 5.74) is 5.64. The average molecular weight is 119 g/mol. The number of rotatable bonds is 0. The zero-order chi connectivity index (χ0) is 6.91. The van der Waals surface area contributed by atoms with Crippen LogP contribution in [0.3, 0.4) is 0 Å². The van der Waals surface area contributed by atoms with Crippen molar-refractivity contribution in [3.63, 3.8) is 0 Å². The molecular weight excluding hydrogens is 108 g/mol. The van der Waals surface area contributed by atoms with Crippen molar-refractivity contribution in [1.82, 2.24) is 0 Å². The van der Waals surface area contributed by atoms with Crippen molar-refractivity contribution in [3.8, 4) is 0 Å². The van der Waals surface area contributed by atoms with Crippen molar-refractivity contribution in [2.24, 2.45) is 5.73 Å². The van der Waals surface area contributed by atoms with Crippen molar-refractivity contribution < 1.29 is 0 Å². The molecule has 0 bridgehead atoms. The molecule has 1 nitrogen and oxygen atoms in total. The molecule has 0 atom stereocenters. The Balaban J connectivity index is 2.35. The maximum atomic E-state index is 5.66. The van der Waals surface area contributed by atoms with Gasteiger partial charge in [0.25, 0.3) is 0 Å². The summed E-state index contributed by atoms with van der Waals surface area (Å²) in [5, 5.41) is -0.421. The second-order valence-electron chi connectivity index (χ2n) is 3.07. The topological polar surface area (TPSA) is 26.0 Å². The molecule has 1 aliphatic carbocycles. The summed E-state index contributed by atoms with van der Waals surface area (Å²) in [6, 6.07) is 0.338. The first kappa shape index (κ1) is 7.20. The normalized spacial score (nSPS) is 28.1. The van der Waals surface area contributed by atoms with Crippen LogP contribution in [-0.2, 0) is 0 Å². The van der Waals surface area contributed by atoms with Crippen molar-refractivity contribution in [3.05, 3.63) is 0 Å². The molecule has 1 fully saturated rings. The summed E-state index contributed by atoms with van der Waals surface area (Å²) in [5.74, 6) is 0. The van der Waals surface area contributed by atoms with Crippen LogP contribution in [0.25, 0.3) is 0 Å². The van der Waals surface area contributed by atoms with Crippen molar-refractivity contribution >= 4 is 15.7 Å². The third-order valence-electron chi connectivity index (χ3n) is 1.96. The molecule has 1 saturated carbocycles. The van der Waals surface area contributed by atoms with Crippen LogP contribution in [0.4, 0.5) is 0 Å². The number of hydrogen-bond donors (Lipinski definition) is 1. The summed E-state index contributed by atoms with van der Waals surface area (Å²) >= 11 is 0. The summed E-state index contributed by atoms with van der Waals surface area (Å²) < 4.78 is 0. The largest absolute Gasteiger partial charge is 0.328 e. The summed E-state index contributed by atoms with van der Waals surface area (Å²) in [6.07, 6.45) is 3.70. The van der Waals surface area contributed by atoms with Gasteiger partial charge in [0.15, 0.2) is 0 Å². The van der Waals surface area contributed by atoms with Gasteiger partial charge in [0, 0.05) is 6.04 Å². The van der Waals surface area contributed by atoms with Crippen molar-refractivity contribution in [2.45, 2.75) is 36.9 Å². The molecule has 3 heteroatoms. The predicted octanol–water partition coefficient (Wildman–Crippen LogP) is 0.341. The molecule has 1 rings (SSSR count). The lowest BCUT2D eigenvalue weighted by atomic mass is 9.48. The first-order chi connectivity index (χ1) is 4.10. The Morgan fingerprint density at radius 2 is 1.67 bits per heavy atom. The highest BCUT2D eigenvalue weighted by atomic mass is 14.6. The second kappa shape index (κ2) is 2.37. The van der Waals surface area contributed by atoms with Gasteiger partial charge in [-0.1, -0.05) is 18.1 Å². The van der Waals surface area contributed by atoms with Crippen LogP contribution >= 0.6 is 0 Å². The van der Waals surface area contributed by atoms with Crippen LogP contribution in [-0.4, -0.2) is 21.7 Å². The fourth-order valence-corrected chi connectivity index (χ4v) is 1.18. The van der Waals surface area contributed by atoms with Gasteiger partial charge in [-0.25, -0.2) is 0 Å². The Labute approximate surface area is 59.2 Å². The molecule has 0 aromatic rings. The maximum absolute atomic E-state index is 5.66. The molecule has 0 amide bonds. The molecular formula is C6H11B2N. The lowest BCUT2D eigenvalue weighted by Gasteiger charge is -2.33. The highest BCUT2D eigenvalue weighted by Gasteiger charge is 2.23. The maximum Gasteiger partial charge on any atom is 0.0620 e. The SMILES string of the molecule is [B]C1([B])CCC(N)CC1. The Morgan fingerprint density at radius 1 is 1.22 bits per heavy atom. The first-order valence-corrected chi connectivity index (χ1v) is 3.43. The van der Waals surface area contributed by atoms with E-state index in [9.17, 15) is 0 Å². The molecule has 0 aliphatic heterocycles. The van der Waals surface area contributed by atoms with Gasteiger partial charge >= 0.3 is 0 Å². The molecule has 46 valence electrons. The van der Waals surface area contributed by atoms with E-state index in [2.05, 4.69) is 0 Å². The van der Waals surface area contributed by atoms with E-state index in [1.807, 2.05) is 0 Å². The Bertz CT molecular complexity index is 93.2. The smallest absolute Gasteiger partial charge is 0.0620 e. The first-order valence-electron chi connectivity index (χ1n) is 3.43. The Hall–Kier alpha value is 0.0899. The van der Waals surface area contributed by atoms with E-state index in [-0.39, 0.29) is 0 Å². The zero-order valence-electron chi connectivity index (χ0n) is 5.64. The van der Waals surface area contributed by atoms with Gasteiger partial charge in [-0.15, -0.1) is 0 Å². The third kappa shape index (κ3) is 2.05. The average Bonchev–Trinajstić information content (AvgIpc) is 1.78. The zero-order valence-corrected chi connectivity index (χ0v) is 5.64. The number of hydrogen-bond acceptors (Lipinski definition) is 1. The monoisotopic (exact) mass is 119 g/mol. The van der Waals surface area contributed by atoms with Gasteiger partial charge < -0.3 is 5.73 Å². The summed E-state index contributed by atoms with van der Waals surface area (Å²) in [6.45, 7) is 0. The van der Waals surface area contributed by atoms with E-state index in [4.69, 9.17) is 21.4 Å². The van der Waals surface area contributed by atoms with E-state index >= 15 is 0 Å². The van der Waals surface area contributed by atoms with Crippen LogP contribution in [0.15, 0.2) is 0 Å². The summed E-state index contributed by atoms with van der Waals surface area (Å²) in [4.78, 5) is 0. The fourth-order valence-electron chi connectivity index (χ4n) is 1.18. The lowest BCUT2D eigenvalue weighted by molar-refractivity contribution is 0.415. The van der Waals surface area contributed by atoms with Gasteiger partial charge in [-0.05, 0) is 12.8 Å². The van der Waals surface area contributed by atoms with Crippen molar-refractivity contribution in [2.75, 3.05) is 0 Å². The van der Waals surface area contributed by atoms with Crippen LogP contribution in [0.2, 0.25) is 5.21 Å². The molecule has 0 saturated heterocycles. The fraction of sp³-hybridized carbons (Fsp3) is 1.00. The highest BCUT2D eigenvalue weighted by molar-refractivity contribution is 6.39. The second-order valence-corrected chi connectivity index (χ2v) is 3.07. The standard InChI is InChI=1S/C6H11B2N/c7-6(8)3-1-5(9)2-4-6/h5H,1-4,9H2. The Morgan fingerprint density at radius 3 is 2.00 bits per heavy atom. The lowest BCUT2D eigenvalue weighted by Crippen LogP contribution is -2.30. The van der Waals surface area contributed by atoms with E-state index in [0.29, 0.717) is 6.04 Å². The van der Waals surface area contributed by atoms with Crippen LogP contribution in [0, 0.1) is 0 Å². The molecule has 0 spiro atoms. The van der Waals surface area contributed by atoms with E-state index in [0.717, 1.165) is 25.7 Å². The van der Waals surface area contributed by atoms with E-state index in [1.54, 1.807) is 0 Å². The van der Waals surface area contributed by atoms with Gasteiger partial charge in [0.2, 0.25) is 0 Å². The molecule has 2 N–H and O–H groups in total. The molecule has 4 radical (unpaired) electrons. The molecule has 9 heavy (non-hydrogen) atoms. The molecule has 0 heterocycles. The van der Waals surface area contributed by atoms with Gasteiger partial charge in [0.1, 0.15) is 0 Å². The highest BCUT2D eigenvalue weighted by Crippen LogP contribution is 2.35. The molecule has 0 unspecified atom stereocenters. The number of nitrogens with two attached hydrogens (primary N) is 1. The minimum Gasteiger partial charge on any atom is -0.328 e. The molecule has 0 aromatic heterocycles. The van der Waals surface area contributed by atoms with Crippen LogP contribution < -0.4 is 5.73 Å². The van der Waals surface area contributed by atoms with Crippen LogP contribution in [0.1, 0.15) is 25.7 Å².